The number of ether oxygens (including phenoxy) is 1. The molecule has 0 atom stereocenters. The minimum Gasteiger partial charge on any atom is -0.423 e. The van der Waals surface area contributed by atoms with E-state index in [0.717, 1.165) is 11.1 Å². The van der Waals surface area contributed by atoms with Gasteiger partial charge in [-0.3, -0.25) is 0 Å². The fourth-order valence-corrected chi connectivity index (χ4v) is 2.93. The van der Waals surface area contributed by atoms with E-state index >= 15 is 0 Å². The first-order valence-electron chi connectivity index (χ1n) is 8.94. The van der Waals surface area contributed by atoms with E-state index in [0.29, 0.717) is 28.4 Å². The summed E-state index contributed by atoms with van der Waals surface area (Å²) in [5.41, 5.74) is 3.60. The molecule has 4 rings (SSSR count). The van der Waals surface area contributed by atoms with Crippen LogP contribution in [-0.2, 0) is 0 Å². The van der Waals surface area contributed by atoms with Gasteiger partial charge in [-0.1, -0.05) is 30.3 Å². The summed E-state index contributed by atoms with van der Waals surface area (Å²) in [6, 6.07) is 22.1. The van der Waals surface area contributed by atoms with Gasteiger partial charge in [0.2, 0.25) is 0 Å². The van der Waals surface area contributed by atoms with Gasteiger partial charge in [0.15, 0.2) is 5.82 Å². The minimum absolute atomic E-state index is 0.381. The van der Waals surface area contributed by atoms with Gasteiger partial charge < -0.3 is 4.74 Å². The summed E-state index contributed by atoms with van der Waals surface area (Å²) in [5, 5.41) is 13.1. The molecule has 0 saturated carbocycles. The van der Waals surface area contributed by atoms with Gasteiger partial charge in [-0.05, 0) is 54.4 Å². The smallest absolute Gasteiger partial charge is 0.347 e. The molecule has 2 aromatic heterocycles. The van der Waals surface area contributed by atoms with Crippen LogP contribution in [0.4, 0.5) is 0 Å². The Balaban J connectivity index is 1.50. The second-order valence-corrected chi connectivity index (χ2v) is 6.35. The molecule has 140 valence electrons. The number of hydrogen-bond donors (Lipinski definition) is 0. The number of carbonyl (C=O) groups excluding carboxylic acids is 1. The van der Waals surface area contributed by atoms with Crippen molar-refractivity contribution >= 4 is 5.97 Å². The third-order valence-electron chi connectivity index (χ3n) is 4.51. The van der Waals surface area contributed by atoms with Gasteiger partial charge in [0.1, 0.15) is 11.3 Å². The first kappa shape index (κ1) is 18.1. The lowest BCUT2D eigenvalue weighted by Crippen LogP contribution is -2.10. The van der Waals surface area contributed by atoms with Crippen LogP contribution in [0.15, 0.2) is 79.1 Å². The van der Waals surface area contributed by atoms with Crippen molar-refractivity contribution in [3.63, 3.8) is 0 Å². The molecule has 2 heterocycles. The Labute approximate surface area is 167 Å². The number of aromatic nitrogens is 3. The highest BCUT2D eigenvalue weighted by Gasteiger charge is 2.17. The summed E-state index contributed by atoms with van der Waals surface area (Å²) in [6.07, 6.45) is 3.15. The molecular weight excluding hydrogens is 364 g/mol. The zero-order chi connectivity index (χ0) is 20.2. The van der Waals surface area contributed by atoms with E-state index in [2.05, 4.69) is 16.2 Å². The lowest BCUT2D eigenvalue weighted by molar-refractivity contribution is 0.0734. The van der Waals surface area contributed by atoms with Crippen LogP contribution in [0, 0.1) is 18.3 Å². The number of pyridine rings is 1. The summed E-state index contributed by atoms with van der Waals surface area (Å²) < 4.78 is 7.10. The molecule has 0 N–H and O–H groups in total. The molecular formula is C23H16N4O2. The Bertz CT molecular complexity index is 1190. The Kier molecular flexibility index (Phi) is 4.87. The summed E-state index contributed by atoms with van der Waals surface area (Å²) in [4.78, 5) is 16.8. The highest BCUT2D eigenvalue weighted by Crippen LogP contribution is 2.24. The van der Waals surface area contributed by atoms with E-state index in [-0.39, 0.29) is 0 Å². The molecule has 0 amide bonds. The number of esters is 1. The second kappa shape index (κ2) is 7.79. The number of rotatable bonds is 4. The molecule has 0 bridgehead atoms. The van der Waals surface area contributed by atoms with E-state index in [9.17, 15) is 4.79 Å². The Morgan fingerprint density at radius 3 is 2.31 bits per heavy atom. The molecule has 0 saturated heterocycles. The number of hydrogen-bond acceptors (Lipinski definition) is 5. The fraction of sp³-hybridized carbons (Fsp3) is 0.0435. The molecule has 0 aliphatic carbocycles. The molecule has 29 heavy (non-hydrogen) atoms. The van der Waals surface area contributed by atoms with E-state index in [1.807, 2.05) is 42.5 Å². The first-order valence-corrected chi connectivity index (χ1v) is 8.94. The van der Waals surface area contributed by atoms with Crippen LogP contribution in [-0.4, -0.2) is 20.7 Å². The maximum atomic E-state index is 12.6. The molecule has 0 aliphatic heterocycles. The van der Waals surface area contributed by atoms with Gasteiger partial charge >= 0.3 is 5.97 Å². The highest BCUT2D eigenvalue weighted by atomic mass is 16.5. The zero-order valence-electron chi connectivity index (χ0n) is 15.6. The summed E-state index contributed by atoms with van der Waals surface area (Å²) >= 11 is 0. The van der Waals surface area contributed by atoms with Crippen LogP contribution in [0.5, 0.6) is 5.75 Å². The average molecular weight is 380 g/mol. The van der Waals surface area contributed by atoms with Crippen molar-refractivity contribution in [2.45, 2.75) is 6.92 Å². The first-order chi connectivity index (χ1) is 14.2. The second-order valence-electron chi connectivity index (χ2n) is 6.35. The van der Waals surface area contributed by atoms with Crippen LogP contribution < -0.4 is 4.74 Å². The predicted octanol–water partition coefficient (Wildman–Crippen LogP) is 4.33. The van der Waals surface area contributed by atoms with E-state index < -0.39 is 5.97 Å². The molecule has 0 fully saturated rings. The molecule has 0 spiro atoms. The van der Waals surface area contributed by atoms with Gasteiger partial charge in [-0.15, -0.1) is 0 Å². The van der Waals surface area contributed by atoms with Crippen LogP contribution in [0.1, 0.15) is 21.6 Å². The maximum Gasteiger partial charge on any atom is 0.347 e. The topological polar surface area (TPSA) is 80.8 Å². The molecule has 4 aromatic rings. The lowest BCUT2D eigenvalue weighted by atomic mass is 10.0. The van der Waals surface area contributed by atoms with Gasteiger partial charge in [-0.25, -0.2) is 14.5 Å². The fourth-order valence-electron chi connectivity index (χ4n) is 2.93. The molecule has 0 aliphatic rings. The van der Waals surface area contributed by atoms with Crippen LogP contribution in [0.2, 0.25) is 0 Å². The van der Waals surface area contributed by atoms with Gasteiger partial charge in [0.05, 0.1) is 23.5 Å². The quantitative estimate of drug-likeness (QED) is 0.389. The van der Waals surface area contributed by atoms with Gasteiger partial charge in [-0.2, -0.15) is 10.4 Å². The summed E-state index contributed by atoms with van der Waals surface area (Å²) in [7, 11) is 0. The monoisotopic (exact) mass is 380 g/mol. The zero-order valence-corrected chi connectivity index (χ0v) is 15.6. The molecule has 0 unspecified atom stereocenters. The van der Waals surface area contributed by atoms with Crippen molar-refractivity contribution in [1.29, 1.82) is 5.26 Å². The SMILES string of the molecule is Cc1c(C(=O)Oc2ccc(-c3ccc(C#N)cc3)cc2)cnn1-c1ccccn1. The Morgan fingerprint density at radius 2 is 1.69 bits per heavy atom. The largest absolute Gasteiger partial charge is 0.423 e. The standard InChI is InChI=1S/C23H16N4O2/c1-16-21(15-26-27(16)22-4-2-3-13-25-22)23(28)29-20-11-9-19(10-12-20)18-7-5-17(14-24)6-8-18/h2-13,15H,1H3. The van der Waals surface area contributed by atoms with Crippen LogP contribution >= 0.6 is 0 Å². The van der Waals surface area contributed by atoms with E-state index in [4.69, 9.17) is 10.00 Å². The number of nitrogens with zero attached hydrogens (tertiary/aromatic N) is 4. The summed E-state index contributed by atoms with van der Waals surface area (Å²) in [5.74, 6) is 0.601. The molecule has 0 radical (unpaired) electrons. The predicted molar refractivity (Wildman–Crippen MR) is 108 cm³/mol. The molecule has 6 heteroatoms. The van der Waals surface area contributed by atoms with Crippen LogP contribution in [0.25, 0.3) is 16.9 Å². The Hall–Kier alpha value is -4.24. The van der Waals surface area contributed by atoms with Crippen molar-refractivity contribution in [3.8, 4) is 28.8 Å². The van der Waals surface area contributed by atoms with Crippen molar-refractivity contribution in [2.24, 2.45) is 0 Å². The van der Waals surface area contributed by atoms with Crippen LogP contribution in [0.3, 0.4) is 0 Å². The number of nitriles is 1. The molecule has 6 nitrogen and oxygen atoms in total. The third kappa shape index (κ3) is 3.75. The van der Waals surface area contributed by atoms with E-state index in [1.165, 1.54) is 6.20 Å². The van der Waals surface area contributed by atoms with Crippen molar-refractivity contribution in [2.75, 3.05) is 0 Å². The van der Waals surface area contributed by atoms with Gasteiger partial charge in [0, 0.05) is 6.20 Å². The normalized spacial score (nSPS) is 10.3. The van der Waals surface area contributed by atoms with Crippen molar-refractivity contribution in [1.82, 2.24) is 14.8 Å². The number of carbonyl (C=O) groups is 1. The maximum absolute atomic E-state index is 12.6. The highest BCUT2D eigenvalue weighted by molar-refractivity contribution is 5.92. The van der Waals surface area contributed by atoms with Crippen molar-refractivity contribution < 1.29 is 9.53 Å². The summed E-state index contributed by atoms with van der Waals surface area (Å²) in [6.45, 7) is 1.80. The van der Waals surface area contributed by atoms with Gasteiger partial charge in [0.25, 0.3) is 0 Å². The minimum atomic E-state index is -0.476. The van der Waals surface area contributed by atoms with E-state index in [1.54, 1.807) is 42.1 Å². The number of benzene rings is 2. The molecule has 2 aromatic carbocycles. The third-order valence-corrected chi connectivity index (χ3v) is 4.51. The Morgan fingerprint density at radius 1 is 1.00 bits per heavy atom. The van der Waals surface area contributed by atoms with Crippen molar-refractivity contribution in [3.05, 3.63) is 95.9 Å². The lowest BCUT2D eigenvalue weighted by Gasteiger charge is -2.07. The average Bonchev–Trinajstić information content (AvgIpc) is 3.16.